The largest absolute Gasteiger partial charge is 0.327 e. The molecular formula is C14H28N2O2S. The van der Waals surface area contributed by atoms with Gasteiger partial charge in [0.1, 0.15) is 0 Å². The lowest BCUT2D eigenvalue weighted by atomic mass is 9.70. The summed E-state index contributed by atoms with van der Waals surface area (Å²) in [5, 5.41) is 0. The Kier molecular flexibility index (Phi) is 4.58. The highest BCUT2D eigenvalue weighted by molar-refractivity contribution is 7.91. The van der Waals surface area contributed by atoms with Crippen LogP contribution >= 0.6 is 0 Å². The van der Waals surface area contributed by atoms with Crippen molar-refractivity contribution in [3.8, 4) is 0 Å². The lowest BCUT2D eigenvalue weighted by molar-refractivity contribution is 0.118. The van der Waals surface area contributed by atoms with Gasteiger partial charge in [0.05, 0.1) is 11.5 Å². The van der Waals surface area contributed by atoms with Crippen LogP contribution in [-0.2, 0) is 9.84 Å². The molecule has 19 heavy (non-hydrogen) atoms. The van der Waals surface area contributed by atoms with Crippen LogP contribution in [0.1, 0.15) is 39.5 Å². The molecule has 1 aliphatic carbocycles. The minimum absolute atomic E-state index is 0.285. The van der Waals surface area contributed by atoms with Gasteiger partial charge in [0, 0.05) is 19.1 Å². The Bertz CT molecular complexity index is 406. The fraction of sp³-hybridized carbons (Fsp3) is 1.00. The normalized spacial score (nSPS) is 35.7. The van der Waals surface area contributed by atoms with Crippen molar-refractivity contribution in [3.63, 3.8) is 0 Å². The second-order valence-electron chi connectivity index (χ2n) is 7.14. The summed E-state index contributed by atoms with van der Waals surface area (Å²) in [7, 11) is -2.80. The maximum Gasteiger partial charge on any atom is 0.151 e. The summed E-state index contributed by atoms with van der Waals surface area (Å²) in [5.41, 5.74) is 6.65. The molecule has 4 nitrogen and oxygen atoms in total. The van der Waals surface area contributed by atoms with Gasteiger partial charge in [-0.05, 0) is 43.6 Å². The summed E-state index contributed by atoms with van der Waals surface area (Å²) in [5.74, 6) is 1.19. The van der Waals surface area contributed by atoms with Gasteiger partial charge in [0.15, 0.2) is 9.84 Å². The van der Waals surface area contributed by atoms with Crippen LogP contribution in [0.2, 0.25) is 0 Å². The number of nitrogens with two attached hydrogens (primary N) is 1. The lowest BCUT2D eigenvalue weighted by Gasteiger charge is -2.41. The second kappa shape index (κ2) is 5.70. The van der Waals surface area contributed by atoms with E-state index < -0.39 is 9.84 Å². The van der Waals surface area contributed by atoms with Gasteiger partial charge in [-0.3, -0.25) is 0 Å². The standard InChI is InChI=1S/C14H28N2O2S/c1-14(2)5-4-13(15)12(10-14)11-16-6-3-8-19(17,18)9-7-16/h12-13H,3-11,15H2,1-2H3. The van der Waals surface area contributed by atoms with E-state index in [-0.39, 0.29) is 6.04 Å². The van der Waals surface area contributed by atoms with E-state index in [0.29, 0.717) is 29.4 Å². The second-order valence-corrected chi connectivity index (χ2v) is 9.44. The molecule has 0 aromatic heterocycles. The molecule has 0 spiro atoms. The van der Waals surface area contributed by atoms with Crippen molar-refractivity contribution in [2.75, 3.05) is 31.1 Å². The zero-order chi connectivity index (χ0) is 14.1. The summed E-state index contributed by atoms with van der Waals surface area (Å²) >= 11 is 0. The predicted molar refractivity (Wildman–Crippen MR) is 78.8 cm³/mol. The third-order valence-electron chi connectivity index (χ3n) is 4.72. The van der Waals surface area contributed by atoms with Crippen LogP contribution in [0.3, 0.4) is 0 Å². The average Bonchev–Trinajstić information content (AvgIpc) is 2.46. The van der Waals surface area contributed by atoms with Crippen LogP contribution in [0.4, 0.5) is 0 Å². The highest BCUT2D eigenvalue weighted by atomic mass is 32.2. The van der Waals surface area contributed by atoms with E-state index >= 15 is 0 Å². The molecule has 112 valence electrons. The van der Waals surface area contributed by atoms with Gasteiger partial charge in [-0.1, -0.05) is 13.8 Å². The van der Waals surface area contributed by atoms with Crippen molar-refractivity contribution in [2.24, 2.45) is 17.1 Å². The fourth-order valence-electron chi connectivity index (χ4n) is 3.46. The third kappa shape index (κ3) is 4.43. The molecule has 5 heteroatoms. The first-order valence-corrected chi connectivity index (χ1v) is 9.28. The van der Waals surface area contributed by atoms with Gasteiger partial charge in [0.2, 0.25) is 0 Å². The Labute approximate surface area is 117 Å². The van der Waals surface area contributed by atoms with E-state index in [1.165, 1.54) is 6.42 Å². The molecule has 2 fully saturated rings. The summed E-state index contributed by atoms with van der Waals surface area (Å²) in [6.07, 6.45) is 4.24. The topological polar surface area (TPSA) is 63.4 Å². The van der Waals surface area contributed by atoms with Gasteiger partial charge in [-0.2, -0.15) is 0 Å². The number of hydrogen-bond donors (Lipinski definition) is 1. The first-order chi connectivity index (χ1) is 8.77. The molecule has 2 unspecified atom stereocenters. The molecule has 2 N–H and O–H groups in total. The minimum atomic E-state index is -2.80. The number of sulfone groups is 1. The van der Waals surface area contributed by atoms with Crippen molar-refractivity contribution in [2.45, 2.75) is 45.6 Å². The zero-order valence-electron chi connectivity index (χ0n) is 12.3. The zero-order valence-corrected chi connectivity index (χ0v) is 13.1. The summed E-state index contributed by atoms with van der Waals surface area (Å²) in [4.78, 5) is 2.32. The van der Waals surface area contributed by atoms with E-state index in [2.05, 4.69) is 18.7 Å². The molecule has 1 aliphatic heterocycles. The smallest absolute Gasteiger partial charge is 0.151 e. The molecule has 0 aromatic rings. The summed E-state index contributed by atoms with van der Waals surface area (Å²) < 4.78 is 23.2. The maximum absolute atomic E-state index is 11.6. The van der Waals surface area contributed by atoms with E-state index in [9.17, 15) is 8.42 Å². The van der Waals surface area contributed by atoms with Crippen LogP contribution < -0.4 is 5.73 Å². The minimum Gasteiger partial charge on any atom is -0.327 e. The first kappa shape index (κ1) is 15.3. The summed E-state index contributed by atoms with van der Waals surface area (Å²) in [6, 6.07) is 0.285. The Hall–Kier alpha value is -0.130. The van der Waals surface area contributed by atoms with Crippen LogP contribution in [0, 0.1) is 11.3 Å². The molecule has 0 radical (unpaired) electrons. The fourth-order valence-corrected chi connectivity index (χ4v) is 4.77. The van der Waals surface area contributed by atoms with Crippen LogP contribution in [0.15, 0.2) is 0 Å². The average molecular weight is 288 g/mol. The molecule has 2 aliphatic rings. The quantitative estimate of drug-likeness (QED) is 0.831. The number of rotatable bonds is 2. The van der Waals surface area contributed by atoms with Crippen molar-refractivity contribution in [1.82, 2.24) is 4.90 Å². The highest BCUT2D eigenvalue weighted by Gasteiger charge is 2.34. The maximum atomic E-state index is 11.6. The number of hydrogen-bond acceptors (Lipinski definition) is 4. The van der Waals surface area contributed by atoms with Gasteiger partial charge in [-0.25, -0.2) is 8.42 Å². The van der Waals surface area contributed by atoms with Crippen LogP contribution in [0.25, 0.3) is 0 Å². The Balaban J connectivity index is 1.92. The number of nitrogens with zero attached hydrogens (tertiary/aromatic N) is 1. The SMILES string of the molecule is CC1(C)CCC(N)C(CN2CCCS(=O)(=O)CC2)C1. The van der Waals surface area contributed by atoms with Gasteiger partial charge < -0.3 is 10.6 Å². The van der Waals surface area contributed by atoms with Crippen molar-refractivity contribution in [3.05, 3.63) is 0 Å². The molecule has 0 aromatic carbocycles. The van der Waals surface area contributed by atoms with Crippen LogP contribution in [-0.4, -0.2) is 50.5 Å². The molecule has 1 heterocycles. The van der Waals surface area contributed by atoms with Gasteiger partial charge in [-0.15, -0.1) is 0 Å². The molecule has 1 saturated carbocycles. The molecular weight excluding hydrogens is 260 g/mol. The van der Waals surface area contributed by atoms with E-state index in [1.54, 1.807) is 0 Å². The Morgan fingerprint density at radius 1 is 1.26 bits per heavy atom. The molecule has 2 rings (SSSR count). The van der Waals surface area contributed by atoms with Crippen molar-refractivity contribution >= 4 is 9.84 Å². The van der Waals surface area contributed by atoms with E-state index in [4.69, 9.17) is 5.73 Å². The Morgan fingerprint density at radius 2 is 2.00 bits per heavy atom. The lowest BCUT2D eigenvalue weighted by Crippen LogP contribution is -2.45. The molecule has 0 bridgehead atoms. The molecule has 1 saturated heterocycles. The summed E-state index contributed by atoms with van der Waals surface area (Å²) in [6.45, 7) is 7.20. The van der Waals surface area contributed by atoms with Gasteiger partial charge in [0.25, 0.3) is 0 Å². The van der Waals surface area contributed by atoms with E-state index in [0.717, 1.165) is 32.4 Å². The van der Waals surface area contributed by atoms with E-state index in [1.807, 2.05) is 0 Å². The van der Waals surface area contributed by atoms with Crippen molar-refractivity contribution < 1.29 is 8.42 Å². The predicted octanol–water partition coefficient (Wildman–Crippen LogP) is 1.26. The highest BCUT2D eigenvalue weighted by Crippen LogP contribution is 2.38. The monoisotopic (exact) mass is 288 g/mol. The third-order valence-corrected chi connectivity index (χ3v) is 6.43. The molecule has 0 amide bonds. The Morgan fingerprint density at radius 3 is 2.74 bits per heavy atom. The van der Waals surface area contributed by atoms with Crippen molar-refractivity contribution in [1.29, 1.82) is 0 Å². The van der Waals surface area contributed by atoms with Gasteiger partial charge >= 0.3 is 0 Å². The van der Waals surface area contributed by atoms with Crippen LogP contribution in [0.5, 0.6) is 0 Å². The molecule has 2 atom stereocenters. The first-order valence-electron chi connectivity index (χ1n) is 7.46.